The topological polar surface area (TPSA) is 55.6 Å². The van der Waals surface area contributed by atoms with Crippen molar-refractivity contribution in [2.75, 3.05) is 18.1 Å². The van der Waals surface area contributed by atoms with E-state index in [2.05, 4.69) is 0 Å². The van der Waals surface area contributed by atoms with Crippen molar-refractivity contribution in [3.8, 4) is 0 Å². The first-order valence-electron chi connectivity index (χ1n) is 6.13. The van der Waals surface area contributed by atoms with Crippen molar-refractivity contribution in [3.63, 3.8) is 0 Å². The van der Waals surface area contributed by atoms with Gasteiger partial charge in [-0.15, -0.1) is 0 Å². The number of anilines is 1. The summed E-state index contributed by atoms with van der Waals surface area (Å²) in [6, 6.07) is 4.96. The number of nitrogens with two attached hydrogens (primary N) is 1. The van der Waals surface area contributed by atoms with Crippen LogP contribution in [-0.2, 0) is 10.9 Å². The van der Waals surface area contributed by atoms with Crippen LogP contribution >= 0.6 is 0 Å². The number of cyclic esters (lactones) is 1. The smallest absolute Gasteiger partial charge is 0.418 e. The zero-order valence-electron chi connectivity index (χ0n) is 10.9. The zero-order chi connectivity index (χ0) is 15.0. The van der Waals surface area contributed by atoms with Crippen LogP contribution in [0.5, 0.6) is 0 Å². The van der Waals surface area contributed by atoms with Gasteiger partial charge in [-0.25, -0.2) is 4.79 Å². The monoisotopic (exact) mass is 288 g/mol. The molecule has 1 atom stereocenters. The fourth-order valence-corrected chi connectivity index (χ4v) is 2.36. The lowest BCUT2D eigenvalue weighted by atomic mass is 9.96. The van der Waals surface area contributed by atoms with Crippen LogP contribution in [0.2, 0.25) is 0 Å². The lowest BCUT2D eigenvalue weighted by Crippen LogP contribution is -2.47. The number of carbonyl (C=O) groups is 1. The van der Waals surface area contributed by atoms with Crippen LogP contribution in [0.4, 0.5) is 23.7 Å². The minimum atomic E-state index is -4.54. The van der Waals surface area contributed by atoms with Gasteiger partial charge in [0, 0.05) is 0 Å². The van der Waals surface area contributed by atoms with Crippen molar-refractivity contribution in [2.24, 2.45) is 5.73 Å². The molecule has 0 aliphatic carbocycles. The molecule has 4 nitrogen and oxygen atoms in total. The molecule has 1 aromatic carbocycles. The van der Waals surface area contributed by atoms with Crippen LogP contribution in [0.15, 0.2) is 24.3 Å². The van der Waals surface area contributed by atoms with E-state index in [0.717, 1.165) is 11.0 Å². The fraction of sp³-hybridized carbons (Fsp3) is 0.462. The summed E-state index contributed by atoms with van der Waals surface area (Å²) in [6.07, 6.45) is -4.97. The molecule has 0 radical (unpaired) electrons. The first kappa shape index (κ1) is 14.6. The molecular formula is C13H15F3N2O2. The van der Waals surface area contributed by atoms with E-state index in [1.165, 1.54) is 18.2 Å². The van der Waals surface area contributed by atoms with Crippen LogP contribution in [0.25, 0.3) is 0 Å². The Balaban J connectivity index is 2.52. The van der Waals surface area contributed by atoms with Crippen molar-refractivity contribution < 1.29 is 22.7 Å². The summed E-state index contributed by atoms with van der Waals surface area (Å²) in [7, 11) is 0. The summed E-state index contributed by atoms with van der Waals surface area (Å²) >= 11 is 0. The standard InChI is InChI=1S/C13H15F3N2O2/c1-12(6-7-17)8-20-11(19)18(12)10-5-3-2-4-9(10)13(14,15)16/h2-5H,6-8,17H2,1H3. The normalized spacial score (nSPS) is 23.1. The van der Waals surface area contributed by atoms with E-state index in [9.17, 15) is 18.0 Å². The second kappa shape index (κ2) is 4.97. The third-order valence-electron chi connectivity index (χ3n) is 3.36. The van der Waals surface area contributed by atoms with Crippen LogP contribution in [0.3, 0.4) is 0 Å². The molecule has 110 valence electrons. The predicted molar refractivity (Wildman–Crippen MR) is 67.3 cm³/mol. The molecule has 0 spiro atoms. The van der Waals surface area contributed by atoms with E-state index < -0.39 is 23.4 Å². The van der Waals surface area contributed by atoms with Gasteiger partial charge in [0.15, 0.2) is 0 Å². The average Bonchev–Trinajstić information content (AvgIpc) is 2.64. The number of amides is 1. The van der Waals surface area contributed by atoms with Crippen molar-refractivity contribution in [2.45, 2.75) is 25.1 Å². The van der Waals surface area contributed by atoms with Gasteiger partial charge in [-0.1, -0.05) is 12.1 Å². The second-order valence-electron chi connectivity index (χ2n) is 4.94. The van der Waals surface area contributed by atoms with Crippen molar-refractivity contribution in [1.82, 2.24) is 0 Å². The van der Waals surface area contributed by atoms with Gasteiger partial charge in [0.2, 0.25) is 0 Å². The largest absolute Gasteiger partial charge is 0.447 e. The number of carbonyl (C=O) groups excluding carboxylic acids is 1. The first-order chi connectivity index (χ1) is 9.29. The maximum absolute atomic E-state index is 13.1. The van der Waals surface area contributed by atoms with Crippen molar-refractivity contribution in [1.29, 1.82) is 0 Å². The highest BCUT2D eigenvalue weighted by molar-refractivity contribution is 5.92. The van der Waals surface area contributed by atoms with Gasteiger partial charge in [0.05, 0.1) is 16.8 Å². The summed E-state index contributed by atoms with van der Waals surface area (Å²) < 4.78 is 44.1. The molecule has 2 rings (SSSR count). The Morgan fingerprint density at radius 2 is 2.05 bits per heavy atom. The third-order valence-corrected chi connectivity index (χ3v) is 3.36. The molecule has 1 fully saturated rings. The maximum Gasteiger partial charge on any atom is 0.418 e. The van der Waals surface area contributed by atoms with Crippen LogP contribution in [-0.4, -0.2) is 24.8 Å². The highest BCUT2D eigenvalue weighted by Gasteiger charge is 2.47. The van der Waals surface area contributed by atoms with E-state index in [4.69, 9.17) is 10.5 Å². The lowest BCUT2D eigenvalue weighted by molar-refractivity contribution is -0.137. The quantitative estimate of drug-likeness (QED) is 0.930. The minimum Gasteiger partial charge on any atom is -0.447 e. The van der Waals surface area contributed by atoms with Gasteiger partial charge >= 0.3 is 12.3 Å². The van der Waals surface area contributed by atoms with E-state index in [0.29, 0.717) is 6.42 Å². The molecule has 0 saturated carbocycles. The first-order valence-corrected chi connectivity index (χ1v) is 6.13. The van der Waals surface area contributed by atoms with Crippen molar-refractivity contribution >= 4 is 11.8 Å². The van der Waals surface area contributed by atoms with Gasteiger partial charge in [-0.3, -0.25) is 4.90 Å². The van der Waals surface area contributed by atoms with Gasteiger partial charge in [0.25, 0.3) is 0 Å². The van der Waals surface area contributed by atoms with E-state index in [1.807, 2.05) is 0 Å². The van der Waals surface area contributed by atoms with E-state index in [1.54, 1.807) is 6.92 Å². The Morgan fingerprint density at radius 1 is 1.40 bits per heavy atom. The molecule has 1 aliphatic rings. The summed E-state index contributed by atoms with van der Waals surface area (Å²) in [5.74, 6) is 0. The predicted octanol–water partition coefficient (Wildman–Crippen LogP) is 2.77. The number of ether oxygens (including phenoxy) is 1. The van der Waals surface area contributed by atoms with Gasteiger partial charge in [-0.2, -0.15) is 13.2 Å². The number of nitrogens with zero attached hydrogens (tertiary/aromatic N) is 1. The Hall–Kier alpha value is -1.76. The molecule has 1 saturated heterocycles. The van der Waals surface area contributed by atoms with Crippen LogP contribution in [0, 0.1) is 0 Å². The molecule has 1 unspecified atom stereocenters. The number of rotatable bonds is 3. The van der Waals surface area contributed by atoms with Gasteiger partial charge in [0.1, 0.15) is 6.61 Å². The fourth-order valence-electron chi connectivity index (χ4n) is 2.36. The molecular weight excluding hydrogens is 273 g/mol. The van der Waals surface area contributed by atoms with Gasteiger partial charge < -0.3 is 10.5 Å². The molecule has 2 N–H and O–H groups in total. The Labute approximate surface area is 114 Å². The lowest BCUT2D eigenvalue weighted by Gasteiger charge is -2.33. The SMILES string of the molecule is CC1(CCN)COC(=O)N1c1ccccc1C(F)(F)F. The number of para-hydroxylation sites is 1. The molecule has 1 amide bonds. The van der Waals surface area contributed by atoms with Gasteiger partial charge in [-0.05, 0) is 32.0 Å². The number of hydrogen-bond acceptors (Lipinski definition) is 3. The molecule has 0 aromatic heterocycles. The number of hydrogen-bond donors (Lipinski definition) is 1. The number of benzene rings is 1. The zero-order valence-corrected chi connectivity index (χ0v) is 10.9. The van der Waals surface area contributed by atoms with E-state index >= 15 is 0 Å². The third kappa shape index (κ3) is 2.45. The summed E-state index contributed by atoms with van der Waals surface area (Å²) in [5.41, 5.74) is 3.56. The van der Waals surface area contributed by atoms with Crippen LogP contribution in [0.1, 0.15) is 18.9 Å². The van der Waals surface area contributed by atoms with E-state index in [-0.39, 0.29) is 18.8 Å². The number of halogens is 3. The second-order valence-corrected chi connectivity index (χ2v) is 4.94. The molecule has 1 aromatic rings. The number of alkyl halides is 3. The summed E-state index contributed by atoms with van der Waals surface area (Å²) in [4.78, 5) is 12.9. The summed E-state index contributed by atoms with van der Waals surface area (Å²) in [6.45, 7) is 1.94. The molecule has 0 bridgehead atoms. The molecule has 1 heterocycles. The highest BCUT2D eigenvalue weighted by atomic mass is 19.4. The minimum absolute atomic E-state index is 0.0230. The highest BCUT2D eigenvalue weighted by Crippen LogP contribution is 2.41. The Kier molecular flexibility index (Phi) is 3.64. The van der Waals surface area contributed by atoms with Crippen molar-refractivity contribution in [3.05, 3.63) is 29.8 Å². The molecule has 1 aliphatic heterocycles. The Morgan fingerprint density at radius 3 is 2.65 bits per heavy atom. The molecule has 7 heteroatoms. The maximum atomic E-state index is 13.1. The Bertz CT molecular complexity index is 519. The molecule has 20 heavy (non-hydrogen) atoms. The average molecular weight is 288 g/mol. The summed E-state index contributed by atoms with van der Waals surface area (Å²) in [5, 5.41) is 0. The van der Waals surface area contributed by atoms with Crippen LogP contribution < -0.4 is 10.6 Å².